The van der Waals surface area contributed by atoms with Gasteiger partial charge in [0.15, 0.2) is 12.1 Å². The molecule has 0 heterocycles. The van der Waals surface area contributed by atoms with E-state index in [2.05, 4.69) is 0 Å². The molecule has 1 aliphatic carbocycles. The lowest BCUT2D eigenvalue weighted by Gasteiger charge is -1.98. The summed E-state index contributed by atoms with van der Waals surface area (Å²) in [6, 6.07) is 8.85. The van der Waals surface area contributed by atoms with Crippen molar-refractivity contribution in [3.63, 3.8) is 0 Å². The highest BCUT2D eigenvalue weighted by Gasteiger charge is 2.25. The minimum atomic E-state index is -0.0322. The molecule has 0 fully saturated rings. The van der Waals surface area contributed by atoms with E-state index in [9.17, 15) is 9.59 Å². The van der Waals surface area contributed by atoms with Gasteiger partial charge in [0.25, 0.3) is 0 Å². The van der Waals surface area contributed by atoms with Crippen LogP contribution in [0.3, 0.4) is 0 Å². The molecule has 0 aromatic heterocycles. The topological polar surface area (TPSA) is 57.9 Å². The average Bonchev–Trinajstić information content (AvgIpc) is 2.60. The number of nitriles is 1. The fraction of sp³-hybridized carbons (Fsp3) is 0.0833. The summed E-state index contributed by atoms with van der Waals surface area (Å²) in [6.45, 7) is 0. The summed E-state index contributed by atoms with van der Waals surface area (Å²) >= 11 is 0. The van der Waals surface area contributed by atoms with Gasteiger partial charge < -0.3 is 0 Å². The highest BCUT2D eigenvalue weighted by atomic mass is 16.1. The number of carbonyl (C=O) groups is 2. The summed E-state index contributed by atoms with van der Waals surface area (Å²) in [6.07, 6.45) is 0.658. The Bertz CT molecular complexity index is 521. The quantitative estimate of drug-likeness (QED) is 0.391. The van der Waals surface area contributed by atoms with Crippen LogP contribution in [0.2, 0.25) is 0 Å². The van der Waals surface area contributed by atoms with E-state index in [1.807, 2.05) is 6.07 Å². The van der Waals surface area contributed by atoms with Crippen LogP contribution in [0.5, 0.6) is 0 Å². The van der Waals surface area contributed by atoms with Gasteiger partial charge in [0.2, 0.25) is 0 Å². The molecule has 0 N–H and O–H groups in total. The molecule has 3 heteroatoms. The van der Waals surface area contributed by atoms with Crippen molar-refractivity contribution >= 4 is 17.6 Å². The zero-order chi connectivity index (χ0) is 10.8. The standard InChI is InChI=1S/C12H7NO2/c13-6-8(7-14)11-5-12(15)10-4-2-1-3-9(10)11/h1-4,7H,5H2/b11-8+. The number of rotatable bonds is 1. The van der Waals surface area contributed by atoms with Gasteiger partial charge in [-0.1, -0.05) is 24.3 Å². The highest BCUT2D eigenvalue weighted by molar-refractivity contribution is 6.15. The number of carbonyl (C=O) groups excluding carboxylic acids is 2. The second-order valence-electron chi connectivity index (χ2n) is 3.27. The first kappa shape index (κ1) is 9.35. The lowest BCUT2D eigenvalue weighted by Crippen LogP contribution is -1.89. The summed E-state index contributed by atoms with van der Waals surface area (Å²) in [5, 5.41) is 8.75. The summed E-state index contributed by atoms with van der Waals surface area (Å²) in [7, 11) is 0. The molecule has 1 aliphatic rings. The molecular weight excluding hydrogens is 190 g/mol. The summed E-state index contributed by atoms with van der Waals surface area (Å²) < 4.78 is 0. The van der Waals surface area contributed by atoms with E-state index in [4.69, 9.17) is 5.26 Å². The van der Waals surface area contributed by atoms with E-state index in [0.29, 0.717) is 23.0 Å². The first-order valence-electron chi connectivity index (χ1n) is 4.49. The third kappa shape index (κ3) is 1.36. The van der Waals surface area contributed by atoms with Gasteiger partial charge in [-0.25, -0.2) is 0 Å². The number of Topliss-reactive ketones (excluding diaryl/α,β-unsaturated/α-hetero) is 1. The summed E-state index contributed by atoms with van der Waals surface area (Å²) in [4.78, 5) is 22.2. The second-order valence-corrected chi connectivity index (χ2v) is 3.27. The zero-order valence-electron chi connectivity index (χ0n) is 7.86. The largest absolute Gasteiger partial charge is 0.297 e. The normalized spacial score (nSPS) is 16.9. The van der Waals surface area contributed by atoms with Gasteiger partial charge in [0.05, 0.1) is 5.57 Å². The number of nitrogens with zero attached hydrogens (tertiary/aromatic N) is 1. The van der Waals surface area contributed by atoms with Crippen LogP contribution in [0, 0.1) is 11.3 Å². The number of fused-ring (bicyclic) bond motifs is 1. The molecule has 15 heavy (non-hydrogen) atoms. The van der Waals surface area contributed by atoms with Crippen molar-refractivity contribution in [1.29, 1.82) is 5.26 Å². The van der Waals surface area contributed by atoms with Crippen molar-refractivity contribution in [1.82, 2.24) is 0 Å². The van der Waals surface area contributed by atoms with Crippen molar-refractivity contribution in [2.75, 3.05) is 0 Å². The maximum Gasteiger partial charge on any atom is 0.167 e. The van der Waals surface area contributed by atoms with Crippen LogP contribution in [0.1, 0.15) is 22.3 Å². The summed E-state index contributed by atoms with van der Waals surface area (Å²) in [5.41, 5.74) is 1.91. The molecule has 72 valence electrons. The van der Waals surface area contributed by atoms with Crippen LogP contribution < -0.4 is 0 Å². The number of ketones is 1. The van der Waals surface area contributed by atoms with Crippen LogP contribution in [0.4, 0.5) is 0 Å². The predicted molar refractivity (Wildman–Crippen MR) is 54.0 cm³/mol. The van der Waals surface area contributed by atoms with Crippen LogP contribution in [0.25, 0.3) is 5.57 Å². The fourth-order valence-corrected chi connectivity index (χ4v) is 1.75. The Morgan fingerprint density at radius 3 is 2.60 bits per heavy atom. The first-order chi connectivity index (χ1) is 7.27. The minimum Gasteiger partial charge on any atom is -0.297 e. The van der Waals surface area contributed by atoms with E-state index in [-0.39, 0.29) is 17.8 Å². The number of hydrogen-bond acceptors (Lipinski definition) is 3. The van der Waals surface area contributed by atoms with E-state index in [1.54, 1.807) is 24.3 Å². The van der Waals surface area contributed by atoms with Crippen molar-refractivity contribution in [2.45, 2.75) is 6.42 Å². The maximum atomic E-state index is 11.6. The molecular formula is C12H7NO2. The Morgan fingerprint density at radius 1 is 1.33 bits per heavy atom. The number of benzene rings is 1. The minimum absolute atomic E-state index is 0.0322. The Balaban J connectivity index is 2.69. The van der Waals surface area contributed by atoms with Crippen LogP contribution in [-0.4, -0.2) is 12.1 Å². The number of allylic oxidation sites excluding steroid dienone is 2. The molecule has 0 amide bonds. The molecule has 0 unspecified atom stereocenters. The lowest BCUT2D eigenvalue weighted by molar-refractivity contribution is -0.104. The summed E-state index contributed by atoms with van der Waals surface area (Å²) in [5.74, 6) is -0.0322. The van der Waals surface area contributed by atoms with Crippen molar-refractivity contribution in [3.05, 3.63) is 41.0 Å². The van der Waals surface area contributed by atoms with E-state index >= 15 is 0 Å². The van der Waals surface area contributed by atoms with Gasteiger partial charge in [-0.3, -0.25) is 9.59 Å². The molecule has 1 aromatic rings. The van der Waals surface area contributed by atoms with Gasteiger partial charge in [-0.05, 0) is 11.1 Å². The van der Waals surface area contributed by atoms with Crippen molar-refractivity contribution < 1.29 is 9.59 Å². The molecule has 3 nitrogen and oxygen atoms in total. The molecule has 0 saturated carbocycles. The molecule has 0 saturated heterocycles. The Hall–Kier alpha value is -2.21. The third-order valence-electron chi connectivity index (χ3n) is 2.45. The average molecular weight is 197 g/mol. The van der Waals surface area contributed by atoms with E-state index < -0.39 is 0 Å². The van der Waals surface area contributed by atoms with Crippen LogP contribution in [0.15, 0.2) is 29.8 Å². The van der Waals surface area contributed by atoms with E-state index in [1.165, 1.54) is 0 Å². The molecule has 0 radical (unpaired) electrons. The van der Waals surface area contributed by atoms with Gasteiger partial charge in [-0.15, -0.1) is 0 Å². The fourth-order valence-electron chi connectivity index (χ4n) is 1.75. The SMILES string of the molecule is N#C/C(C=O)=C1/CC(=O)c2ccccc21. The zero-order valence-corrected chi connectivity index (χ0v) is 7.86. The molecule has 0 spiro atoms. The first-order valence-corrected chi connectivity index (χ1v) is 4.49. The molecule has 0 aliphatic heterocycles. The highest BCUT2D eigenvalue weighted by Crippen LogP contribution is 2.33. The molecule has 0 bridgehead atoms. The van der Waals surface area contributed by atoms with Crippen LogP contribution in [-0.2, 0) is 4.79 Å². The van der Waals surface area contributed by atoms with Crippen LogP contribution >= 0.6 is 0 Å². The van der Waals surface area contributed by atoms with E-state index in [0.717, 1.165) is 0 Å². The lowest BCUT2D eigenvalue weighted by atomic mass is 10.0. The molecule has 0 atom stereocenters. The maximum absolute atomic E-state index is 11.6. The molecule has 1 aromatic carbocycles. The smallest absolute Gasteiger partial charge is 0.167 e. The molecule has 2 rings (SSSR count). The van der Waals surface area contributed by atoms with Gasteiger partial charge in [0.1, 0.15) is 6.07 Å². The second kappa shape index (κ2) is 3.50. The van der Waals surface area contributed by atoms with Crippen molar-refractivity contribution in [3.8, 4) is 6.07 Å². The van der Waals surface area contributed by atoms with Gasteiger partial charge >= 0.3 is 0 Å². The number of aldehydes is 1. The number of hydrogen-bond donors (Lipinski definition) is 0. The third-order valence-corrected chi connectivity index (χ3v) is 2.45. The Kier molecular flexibility index (Phi) is 2.18. The predicted octanol–water partition coefficient (Wildman–Crippen LogP) is 1.75. The van der Waals surface area contributed by atoms with Gasteiger partial charge in [-0.2, -0.15) is 5.26 Å². The van der Waals surface area contributed by atoms with Crippen molar-refractivity contribution in [2.24, 2.45) is 0 Å². The Morgan fingerprint density at radius 2 is 2.00 bits per heavy atom. The van der Waals surface area contributed by atoms with Gasteiger partial charge in [0, 0.05) is 12.0 Å². The Labute approximate surface area is 86.6 Å². The monoisotopic (exact) mass is 197 g/mol.